The SMILES string of the molecule is Nc1cccc2c1N(CC1CCC1)CCC2. The van der Waals surface area contributed by atoms with Crippen LogP contribution in [0, 0.1) is 5.92 Å². The van der Waals surface area contributed by atoms with E-state index in [1.54, 1.807) is 0 Å². The number of nitrogens with two attached hydrogens (primary N) is 1. The lowest BCUT2D eigenvalue weighted by Gasteiger charge is -2.37. The average Bonchev–Trinajstić information content (AvgIpc) is 2.24. The summed E-state index contributed by atoms with van der Waals surface area (Å²) in [6.45, 7) is 2.42. The summed E-state index contributed by atoms with van der Waals surface area (Å²) in [6, 6.07) is 6.36. The predicted octanol–water partition coefficient (Wildman–Crippen LogP) is 2.82. The van der Waals surface area contributed by atoms with Gasteiger partial charge in [0.05, 0.1) is 11.4 Å². The molecule has 86 valence electrons. The molecule has 16 heavy (non-hydrogen) atoms. The highest BCUT2D eigenvalue weighted by Gasteiger charge is 2.25. The monoisotopic (exact) mass is 216 g/mol. The first-order valence-electron chi connectivity index (χ1n) is 6.47. The van der Waals surface area contributed by atoms with Gasteiger partial charge in [0.25, 0.3) is 0 Å². The van der Waals surface area contributed by atoms with Crippen molar-refractivity contribution in [1.29, 1.82) is 0 Å². The van der Waals surface area contributed by atoms with Crippen LogP contribution in [0.5, 0.6) is 0 Å². The van der Waals surface area contributed by atoms with Gasteiger partial charge in [0.2, 0.25) is 0 Å². The molecule has 2 nitrogen and oxygen atoms in total. The molecule has 3 rings (SSSR count). The van der Waals surface area contributed by atoms with E-state index >= 15 is 0 Å². The Kier molecular flexibility index (Phi) is 2.50. The van der Waals surface area contributed by atoms with Gasteiger partial charge in [0.1, 0.15) is 0 Å². The van der Waals surface area contributed by atoms with Crippen LogP contribution in [-0.4, -0.2) is 13.1 Å². The van der Waals surface area contributed by atoms with Gasteiger partial charge in [-0.15, -0.1) is 0 Å². The van der Waals surface area contributed by atoms with Crippen LogP contribution in [0.1, 0.15) is 31.2 Å². The number of rotatable bonds is 2. The van der Waals surface area contributed by atoms with Gasteiger partial charge in [0, 0.05) is 13.1 Å². The molecule has 0 atom stereocenters. The molecule has 0 unspecified atom stereocenters. The van der Waals surface area contributed by atoms with Gasteiger partial charge in [-0.05, 0) is 43.2 Å². The molecule has 0 amide bonds. The summed E-state index contributed by atoms with van der Waals surface area (Å²) in [5.41, 5.74) is 9.88. The van der Waals surface area contributed by atoms with Crippen molar-refractivity contribution in [3.8, 4) is 0 Å². The Morgan fingerprint density at radius 1 is 1.25 bits per heavy atom. The second-order valence-corrected chi connectivity index (χ2v) is 5.20. The standard InChI is InChI=1S/C14H20N2/c15-13-8-2-6-12-7-3-9-16(14(12)13)10-11-4-1-5-11/h2,6,8,11H,1,3-5,7,9-10,15H2. The molecule has 0 saturated heterocycles. The fourth-order valence-corrected chi connectivity index (χ4v) is 2.94. The minimum atomic E-state index is 0.922. The predicted molar refractivity (Wildman–Crippen MR) is 68.7 cm³/mol. The van der Waals surface area contributed by atoms with Crippen LogP contribution >= 0.6 is 0 Å². The van der Waals surface area contributed by atoms with Gasteiger partial charge in [-0.1, -0.05) is 18.6 Å². The Hall–Kier alpha value is -1.18. The van der Waals surface area contributed by atoms with Crippen molar-refractivity contribution in [2.75, 3.05) is 23.7 Å². The number of para-hydroxylation sites is 1. The maximum atomic E-state index is 6.13. The van der Waals surface area contributed by atoms with E-state index in [0.29, 0.717) is 0 Å². The van der Waals surface area contributed by atoms with E-state index in [2.05, 4.69) is 17.0 Å². The van der Waals surface area contributed by atoms with E-state index in [-0.39, 0.29) is 0 Å². The fourth-order valence-electron chi connectivity index (χ4n) is 2.94. The zero-order valence-electron chi connectivity index (χ0n) is 9.78. The highest BCUT2D eigenvalue weighted by molar-refractivity contribution is 5.72. The molecule has 0 aromatic heterocycles. The third-order valence-electron chi connectivity index (χ3n) is 4.04. The molecule has 1 heterocycles. The summed E-state index contributed by atoms with van der Waals surface area (Å²) in [5, 5.41) is 0. The van der Waals surface area contributed by atoms with Crippen molar-refractivity contribution in [3.05, 3.63) is 23.8 Å². The summed E-state index contributed by atoms with van der Waals surface area (Å²) in [6.07, 6.45) is 6.73. The number of nitrogen functional groups attached to an aromatic ring is 1. The second kappa shape index (κ2) is 4.00. The fraction of sp³-hybridized carbons (Fsp3) is 0.571. The first-order chi connectivity index (χ1) is 7.84. The lowest BCUT2D eigenvalue weighted by Crippen LogP contribution is -2.36. The summed E-state index contributed by atoms with van der Waals surface area (Å²) >= 11 is 0. The molecule has 1 aromatic carbocycles. The molecule has 0 bridgehead atoms. The van der Waals surface area contributed by atoms with Crippen molar-refractivity contribution in [2.24, 2.45) is 5.92 Å². The number of nitrogens with zero attached hydrogens (tertiary/aromatic N) is 1. The largest absolute Gasteiger partial charge is 0.397 e. The minimum Gasteiger partial charge on any atom is -0.397 e. The number of benzene rings is 1. The Labute approximate surface area is 97.4 Å². The number of hydrogen-bond acceptors (Lipinski definition) is 2. The maximum absolute atomic E-state index is 6.13. The molecule has 0 spiro atoms. The van der Waals surface area contributed by atoms with Gasteiger partial charge < -0.3 is 10.6 Å². The normalized spacial score (nSPS) is 20.4. The Morgan fingerprint density at radius 3 is 2.88 bits per heavy atom. The molecule has 0 radical (unpaired) electrons. The van der Waals surface area contributed by atoms with E-state index in [9.17, 15) is 0 Å². The summed E-state index contributed by atoms with van der Waals surface area (Å²) in [5.74, 6) is 0.922. The van der Waals surface area contributed by atoms with Crippen LogP contribution in [0.2, 0.25) is 0 Å². The molecule has 2 aliphatic rings. The van der Waals surface area contributed by atoms with Gasteiger partial charge in [-0.3, -0.25) is 0 Å². The Morgan fingerprint density at radius 2 is 2.12 bits per heavy atom. The van der Waals surface area contributed by atoms with Gasteiger partial charge in [-0.25, -0.2) is 0 Å². The molecular formula is C14H20N2. The van der Waals surface area contributed by atoms with Crippen LogP contribution in [0.4, 0.5) is 11.4 Å². The van der Waals surface area contributed by atoms with E-state index in [4.69, 9.17) is 5.73 Å². The Bertz CT molecular complexity index is 382. The molecule has 1 saturated carbocycles. The highest BCUT2D eigenvalue weighted by atomic mass is 15.1. The minimum absolute atomic E-state index is 0.922. The molecule has 1 aliphatic carbocycles. The summed E-state index contributed by atoms with van der Waals surface area (Å²) in [7, 11) is 0. The van der Waals surface area contributed by atoms with Crippen molar-refractivity contribution in [2.45, 2.75) is 32.1 Å². The third-order valence-corrected chi connectivity index (χ3v) is 4.04. The summed E-state index contributed by atoms with van der Waals surface area (Å²) in [4.78, 5) is 2.53. The Balaban J connectivity index is 1.86. The molecule has 2 N–H and O–H groups in total. The zero-order valence-corrected chi connectivity index (χ0v) is 9.78. The average molecular weight is 216 g/mol. The quantitative estimate of drug-likeness (QED) is 0.770. The molecule has 1 fully saturated rings. The number of hydrogen-bond donors (Lipinski definition) is 1. The molecular weight excluding hydrogens is 196 g/mol. The van der Waals surface area contributed by atoms with E-state index < -0.39 is 0 Å². The van der Waals surface area contributed by atoms with Gasteiger partial charge in [0.15, 0.2) is 0 Å². The van der Waals surface area contributed by atoms with Crippen LogP contribution in [-0.2, 0) is 6.42 Å². The maximum Gasteiger partial charge on any atom is 0.0632 e. The lowest BCUT2D eigenvalue weighted by atomic mass is 9.84. The first-order valence-corrected chi connectivity index (χ1v) is 6.47. The molecule has 2 heteroatoms. The van der Waals surface area contributed by atoms with Gasteiger partial charge >= 0.3 is 0 Å². The first kappa shape index (κ1) is 10.0. The highest BCUT2D eigenvalue weighted by Crippen LogP contribution is 2.36. The third kappa shape index (κ3) is 1.66. The smallest absolute Gasteiger partial charge is 0.0632 e. The number of aryl methyl sites for hydroxylation is 1. The number of fused-ring (bicyclic) bond motifs is 1. The lowest BCUT2D eigenvalue weighted by molar-refractivity contribution is 0.316. The van der Waals surface area contributed by atoms with Crippen molar-refractivity contribution in [1.82, 2.24) is 0 Å². The van der Waals surface area contributed by atoms with Crippen LogP contribution in [0.25, 0.3) is 0 Å². The van der Waals surface area contributed by atoms with E-state index in [1.165, 1.54) is 56.4 Å². The van der Waals surface area contributed by atoms with Crippen molar-refractivity contribution < 1.29 is 0 Å². The van der Waals surface area contributed by atoms with Crippen molar-refractivity contribution in [3.63, 3.8) is 0 Å². The molecule has 1 aliphatic heterocycles. The second-order valence-electron chi connectivity index (χ2n) is 5.20. The zero-order chi connectivity index (χ0) is 11.0. The number of anilines is 2. The summed E-state index contributed by atoms with van der Waals surface area (Å²) < 4.78 is 0. The van der Waals surface area contributed by atoms with Gasteiger partial charge in [-0.2, -0.15) is 0 Å². The molecule has 1 aromatic rings. The van der Waals surface area contributed by atoms with Crippen LogP contribution in [0.15, 0.2) is 18.2 Å². The van der Waals surface area contributed by atoms with E-state index in [0.717, 1.165) is 11.6 Å². The van der Waals surface area contributed by atoms with Crippen molar-refractivity contribution >= 4 is 11.4 Å². The van der Waals surface area contributed by atoms with Crippen LogP contribution < -0.4 is 10.6 Å². The van der Waals surface area contributed by atoms with E-state index in [1.807, 2.05) is 6.07 Å². The topological polar surface area (TPSA) is 29.3 Å². The van der Waals surface area contributed by atoms with Crippen LogP contribution in [0.3, 0.4) is 0 Å².